The number of nitrogens with zero attached hydrogens (tertiary/aromatic N) is 9. The van der Waals surface area contributed by atoms with Gasteiger partial charge >= 0.3 is 17.9 Å². The molecule has 4 aromatic rings. The molecule has 0 aliphatic carbocycles. The normalized spacial score (nSPS) is 9.50. The minimum atomic E-state index is -1.48. The summed E-state index contributed by atoms with van der Waals surface area (Å²) in [6.45, 7) is 8.47. The maximum atomic E-state index is 10.6. The maximum Gasteiger partial charge on any atom is 0.336 e. The quantitative estimate of drug-likeness (QED) is 0.185. The Balaban J connectivity index is 0.000000323. The molecule has 252 valence electrons. The summed E-state index contributed by atoms with van der Waals surface area (Å²) < 4.78 is 6.05. The Morgan fingerprint density at radius 3 is 1.23 bits per heavy atom. The fraction of sp³-hybridized carbons (Fsp3) is 0.364. The number of carbonyl (C=O) groups is 3. The van der Waals surface area contributed by atoms with E-state index >= 15 is 0 Å². The highest BCUT2D eigenvalue weighted by Crippen LogP contribution is 2.12. The standard InChI is InChI=1S/C9H6O6.3C8H11N3/c10-7(11)4-1-2-5(8(12)13)6(3-4)9(14)15;3*1-2-8-10-5-7-11(8)6-3-4-9/h1-3H,(H,10,11)(H,12,13)(H,14,15);3*5,7H,2-3,6H2,1H3. The van der Waals surface area contributed by atoms with Gasteiger partial charge in [-0.3, -0.25) is 0 Å². The molecule has 0 saturated carbocycles. The number of aryl methyl sites for hydroxylation is 6. The predicted octanol–water partition coefficient (Wildman–Crippen LogP) is 4.86. The first-order valence-electron chi connectivity index (χ1n) is 15.0. The van der Waals surface area contributed by atoms with Gasteiger partial charge in [-0.1, -0.05) is 20.8 Å². The first kappa shape index (κ1) is 39.8. The van der Waals surface area contributed by atoms with Crippen LogP contribution in [0.3, 0.4) is 0 Å². The van der Waals surface area contributed by atoms with Gasteiger partial charge in [-0.05, 0) is 18.2 Å². The Hall–Kier alpha value is -6.27. The average molecular weight is 658 g/mol. The highest BCUT2D eigenvalue weighted by Gasteiger charge is 2.18. The molecule has 1 aromatic carbocycles. The molecule has 0 bridgehead atoms. The van der Waals surface area contributed by atoms with Gasteiger partial charge in [0.1, 0.15) is 17.5 Å². The number of aromatic nitrogens is 6. The highest BCUT2D eigenvalue weighted by atomic mass is 16.4. The molecule has 0 radical (unpaired) electrons. The van der Waals surface area contributed by atoms with Crippen LogP contribution in [0.4, 0.5) is 0 Å². The summed E-state index contributed by atoms with van der Waals surface area (Å²) in [4.78, 5) is 44.2. The zero-order chi connectivity index (χ0) is 35.9. The molecule has 0 aliphatic rings. The molecule has 0 unspecified atom stereocenters. The number of carboxylic acid groups (broad SMARTS) is 3. The average Bonchev–Trinajstić information content (AvgIpc) is 3.86. The number of nitriles is 3. The maximum absolute atomic E-state index is 10.6. The summed E-state index contributed by atoms with van der Waals surface area (Å²) in [7, 11) is 0. The van der Waals surface area contributed by atoms with Crippen molar-refractivity contribution in [3.05, 3.63) is 89.5 Å². The number of rotatable bonds is 12. The van der Waals surface area contributed by atoms with Gasteiger partial charge in [0.25, 0.3) is 0 Å². The minimum Gasteiger partial charge on any atom is -0.478 e. The number of benzene rings is 1. The van der Waals surface area contributed by atoms with Crippen LogP contribution in [0.5, 0.6) is 0 Å². The highest BCUT2D eigenvalue weighted by molar-refractivity contribution is 6.03. The summed E-state index contributed by atoms with van der Waals surface area (Å²) in [6.07, 6.45) is 15.5. The van der Waals surface area contributed by atoms with E-state index in [0.717, 1.165) is 74.6 Å². The van der Waals surface area contributed by atoms with Gasteiger partial charge in [0.15, 0.2) is 0 Å². The Morgan fingerprint density at radius 2 is 0.958 bits per heavy atom. The van der Waals surface area contributed by atoms with Crippen molar-refractivity contribution in [1.29, 1.82) is 15.8 Å². The third-order valence-corrected chi connectivity index (χ3v) is 6.47. The van der Waals surface area contributed by atoms with E-state index in [4.69, 9.17) is 31.1 Å². The number of aromatic carboxylic acids is 3. The van der Waals surface area contributed by atoms with Crippen LogP contribution >= 0.6 is 0 Å². The molecule has 3 heterocycles. The molecule has 0 atom stereocenters. The lowest BCUT2D eigenvalue weighted by Crippen LogP contribution is -2.10. The monoisotopic (exact) mass is 657 g/mol. The van der Waals surface area contributed by atoms with Crippen molar-refractivity contribution in [3.63, 3.8) is 0 Å². The fourth-order valence-electron chi connectivity index (χ4n) is 4.13. The van der Waals surface area contributed by atoms with Crippen LogP contribution in [-0.4, -0.2) is 61.9 Å². The van der Waals surface area contributed by atoms with Crippen molar-refractivity contribution >= 4 is 17.9 Å². The summed E-state index contributed by atoms with van der Waals surface area (Å²) >= 11 is 0. The van der Waals surface area contributed by atoms with Crippen molar-refractivity contribution < 1.29 is 29.7 Å². The van der Waals surface area contributed by atoms with Crippen LogP contribution in [0, 0.1) is 34.0 Å². The van der Waals surface area contributed by atoms with E-state index in [1.165, 1.54) is 0 Å². The summed E-state index contributed by atoms with van der Waals surface area (Å²) in [5, 5.41) is 50.9. The van der Waals surface area contributed by atoms with Gasteiger partial charge in [0.2, 0.25) is 0 Å². The van der Waals surface area contributed by atoms with Crippen LogP contribution in [0.2, 0.25) is 0 Å². The molecule has 0 saturated heterocycles. The van der Waals surface area contributed by atoms with Crippen molar-refractivity contribution in [2.75, 3.05) is 0 Å². The van der Waals surface area contributed by atoms with Gasteiger partial charge in [-0.25, -0.2) is 29.3 Å². The molecule has 15 heteroatoms. The first-order chi connectivity index (χ1) is 23.1. The van der Waals surface area contributed by atoms with E-state index in [2.05, 4.69) is 53.9 Å². The molecule has 48 heavy (non-hydrogen) atoms. The Kier molecular flexibility index (Phi) is 18.4. The summed E-state index contributed by atoms with van der Waals surface area (Å²) in [6, 6.07) is 9.13. The van der Waals surface area contributed by atoms with Gasteiger partial charge in [0.05, 0.1) is 54.2 Å². The van der Waals surface area contributed by atoms with Crippen LogP contribution in [0.15, 0.2) is 55.4 Å². The molecule has 0 amide bonds. The van der Waals surface area contributed by atoms with E-state index in [9.17, 15) is 14.4 Å². The third-order valence-electron chi connectivity index (χ3n) is 6.47. The topological polar surface area (TPSA) is 237 Å². The van der Waals surface area contributed by atoms with Crippen molar-refractivity contribution in [1.82, 2.24) is 28.7 Å². The largest absolute Gasteiger partial charge is 0.478 e. The smallest absolute Gasteiger partial charge is 0.336 e. The molecule has 4 rings (SSSR count). The molecule has 3 N–H and O–H groups in total. The second-order valence-corrected chi connectivity index (χ2v) is 9.57. The Labute approximate surface area is 278 Å². The lowest BCUT2D eigenvalue weighted by molar-refractivity contribution is 0.0649. The number of hydrogen-bond donors (Lipinski definition) is 3. The second-order valence-electron chi connectivity index (χ2n) is 9.57. The van der Waals surface area contributed by atoms with Crippen molar-refractivity contribution in [2.24, 2.45) is 0 Å². The number of hydrogen-bond acceptors (Lipinski definition) is 9. The van der Waals surface area contributed by atoms with E-state index in [1.54, 1.807) is 18.6 Å². The SMILES string of the molecule is CCc1nccn1CCC#N.CCc1nccn1CCC#N.CCc1nccn1CCC#N.O=C(O)c1ccc(C(=O)O)c(C(=O)O)c1. The number of carboxylic acids is 3. The lowest BCUT2D eigenvalue weighted by Gasteiger charge is -2.02. The van der Waals surface area contributed by atoms with E-state index in [-0.39, 0.29) is 5.56 Å². The van der Waals surface area contributed by atoms with Gasteiger partial charge in [0, 0.05) is 76.1 Å². The second kappa shape index (κ2) is 22.3. The van der Waals surface area contributed by atoms with Crippen molar-refractivity contribution in [2.45, 2.75) is 78.9 Å². The molecule has 15 nitrogen and oxygen atoms in total. The molecule has 3 aromatic heterocycles. The molecular weight excluding hydrogens is 618 g/mol. The first-order valence-corrected chi connectivity index (χ1v) is 15.0. The van der Waals surface area contributed by atoms with Crippen LogP contribution in [0.25, 0.3) is 0 Å². The lowest BCUT2D eigenvalue weighted by atomic mass is 10.0. The van der Waals surface area contributed by atoms with E-state index in [0.29, 0.717) is 19.3 Å². The Morgan fingerprint density at radius 1 is 0.604 bits per heavy atom. The van der Waals surface area contributed by atoms with E-state index in [1.807, 2.05) is 32.3 Å². The third kappa shape index (κ3) is 13.4. The minimum absolute atomic E-state index is 0.266. The molecule has 0 spiro atoms. The van der Waals surface area contributed by atoms with Crippen LogP contribution in [0.1, 0.15) is 88.6 Å². The predicted molar refractivity (Wildman–Crippen MR) is 173 cm³/mol. The summed E-state index contributed by atoms with van der Waals surface area (Å²) in [5.74, 6) is -1.03. The Bertz CT molecular complexity index is 1600. The van der Waals surface area contributed by atoms with Crippen LogP contribution in [-0.2, 0) is 38.9 Å². The molecule has 0 aliphatic heterocycles. The molecular formula is C33H39N9O6. The fourth-order valence-corrected chi connectivity index (χ4v) is 4.13. The van der Waals surface area contributed by atoms with Crippen molar-refractivity contribution in [3.8, 4) is 18.2 Å². The van der Waals surface area contributed by atoms with Gasteiger partial charge < -0.3 is 29.0 Å². The van der Waals surface area contributed by atoms with E-state index < -0.39 is 29.0 Å². The van der Waals surface area contributed by atoms with Crippen LogP contribution < -0.4 is 0 Å². The molecule has 0 fully saturated rings. The zero-order valence-electron chi connectivity index (χ0n) is 27.2. The zero-order valence-corrected chi connectivity index (χ0v) is 27.2. The van der Waals surface area contributed by atoms with Gasteiger partial charge in [-0.15, -0.1) is 0 Å². The summed E-state index contributed by atoms with van der Waals surface area (Å²) in [5.41, 5.74) is -1.24. The van der Waals surface area contributed by atoms with Gasteiger partial charge in [-0.2, -0.15) is 15.8 Å². The number of imidazole rings is 3.